The van der Waals surface area contributed by atoms with Crippen LogP contribution in [0.4, 0.5) is 5.69 Å². The van der Waals surface area contributed by atoms with Crippen LogP contribution in [-0.4, -0.2) is 26.5 Å². The van der Waals surface area contributed by atoms with Crippen molar-refractivity contribution in [1.82, 2.24) is 5.32 Å². The molecule has 3 nitrogen and oxygen atoms in total. The Morgan fingerprint density at radius 1 is 1.50 bits per heavy atom. The molecular weight excluding hydrogens is 196 g/mol. The smallest absolute Gasteiger partial charge is 0.120 e. The van der Waals surface area contributed by atoms with Crippen molar-refractivity contribution in [3.8, 4) is 5.75 Å². The summed E-state index contributed by atoms with van der Waals surface area (Å²) in [4.78, 5) is 1.08. The zero-order chi connectivity index (χ0) is 10.4. The lowest BCUT2D eigenvalue weighted by atomic mass is 10.3. The number of anilines is 1. The summed E-state index contributed by atoms with van der Waals surface area (Å²) < 4.78 is 5.13. The van der Waals surface area contributed by atoms with Crippen molar-refractivity contribution in [1.29, 1.82) is 0 Å². The van der Waals surface area contributed by atoms with Crippen LogP contribution in [0.2, 0.25) is 0 Å². The van der Waals surface area contributed by atoms with Gasteiger partial charge in [0.15, 0.2) is 0 Å². The number of rotatable bonds is 5. The van der Waals surface area contributed by atoms with Gasteiger partial charge in [-0.2, -0.15) is 0 Å². The minimum absolute atomic E-state index is 0.812. The number of hydrogen-bond donors (Lipinski definition) is 2. The lowest BCUT2D eigenvalue weighted by Gasteiger charge is -2.07. The Morgan fingerprint density at radius 2 is 2.29 bits per heavy atom. The summed E-state index contributed by atoms with van der Waals surface area (Å²) >= 11 is 1.73. The summed E-state index contributed by atoms with van der Waals surface area (Å²) in [7, 11) is 3.60. The SMILES string of the molecule is CNCCSc1cc(OC)ccc1N. The van der Waals surface area contributed by atoms with Crippen molar-refractivity contribution < 1.29 is 4.74 Å². The first kappa shape index (κ1) is 11.2. The van der Waals surface area contributed by atoms with Gasteiger partial charge in [0.25, 0.3) is 0 Å². The third-order valence-corrected chi connectivity index (χ3v) is 2.90. The molecule has 1 rings (SSSR count). The highest BCUT2D eigenvalue weighted by Crippen LogP contribution is 2.28. The maximum absolute atomic E-state index is 5.83. The number of ether oxygens (including phenoxy) is 1. The van der Waals surface area contributed by atoms with E-state index in [0.717, 1.165) is 28.6 Å². The Bertz CT molecular complexity index is 291. The average molecular weight is 212 g/mol. The number of nitrogen functional groups attached to an aromatic ring is 1. The van der Waals surface area contributed by atoms with Crippen LogP contribution < -0.4 is 15.8 Å². The molecule has 0 aromatic heterocycles. The molecule has 3 N–H and O–H groups in total. The highest BCUT2D eigenvalue weighted by molar-refractivity contribution is 7.99. The van der Waals surface area contributed by atoms with Crippen LogP contribution in [0.25, 0.3) is 0 Å². The molecule has 0 radical (unpaired) electrons. The van der Waals surface area contributed by atoms with Crippen molar-refractivity contribution in [2.75, 3.05) is 32.2 Å². The second-order valence-corrected chi connectivity index (χ2v) is 3.99. The maximum atomic E-state index is 5.83. The number of thioether (sulfide) groups is 1. The van der Waals surface area contributed by atoms with Crippen LogP contribution in [-0.2, 0) is 0 Å². The van der Waals surface area contributed by atoms with E-state index in [0.29, 0.717) is 0 Å². The molecule has 0 saturated heterocycles. The lowest BCUT2D eigenvalue weighted by Crippen LogP contribution is -2.09. The predicted molar refractivity (Wildman–Crippen MR) is 62.1 cm³/mol. The Morgan fingerprint density at radius 3 is 2.93 bits per heavy atom. The molecule has 0 amide bonds. The van der Waals surface area contributed by atoms with Gasteiger partial charge in [0, 0.05) is 22.9 Å². The molecule has 0 saturated carbocycles. The normalized spacial score (nSPS) is 10.1. The van der Waals surface area contributed by atoms with Crippen molar-refractivity contribution in [2.45, 2.75) is 4.90 Å². The van der Waals surface area contributed by atoms with Crippen LogP contribution in [0.3, 0.4) is 0 Å². The van der Waals surface area contributed by atoms with Gasteiger partial charge in [-0.3, -0.25) is 0 Å². The number of benzene rings is 1. The van der Waals surface area contributed by atoms with E-state index < -0.39 is 0 Å². The van der Waals surface area contributed by atoms with Crippen LogP contribution in [0.15, 0.2) is 23.1 Å². The molecule has 0 spiro atoms. The second kappa shape index (κ2) is 5.78. The maximum Gasteiger partial charge on any atom is 0.120 e. The fourth-order valence-electron chi connectivity index (χ4n) is 1.03. The van der Waals surface area contributed by atoms with Crippen LogP contribution >= 0.6 is 11.8 Å². The molecule has 14 heavy (non-hydrogen) atoms. The van der Waals surface area contributed by atoms with E-state index in [-0.39, 0.29) is 0 Å². The van der Waals surface area contributed by atoms with E-state index in [4.69, 9.17) is 10.5 Å². The largest absolute Gasteiger partial charge is 0.497 e. The Labute approximate surface area is 89.0 Å². The summed E-state index contributed by atoms with van der Waals surface area (Å²) in [6.07, 6.45) is 0. The molecule has 4 heteroatoms. The van der Waals surface area contributed by atoms with Gasteiger partial charge in [-0.1, -0.05) is 0 Å². The molecule has 1 aromatic rings. The van der Waals surface area contributed by atoms with Crippen LogP contribution in [0, 0.1) is 0 Å². The molecule has 0 unspecified atom stereocenters. The lowest BCUT2D eigenvalue weighted by molar-refractivity contribution is 0.414. The molecule has 0 aliphatic heterocycles. The monoisotopic (exact) mass is 212 g/mol. The molecular formula is C10H16N2OS. The van der Waals surface area contributed by atoms with E-state index in [9.17, 15) is 0 Å². The number of methoxy groups -OCH3 is 1. The molecule has 0 aliphatic carbocycles. The summed E-state index contributed by atoms with van der Waals surface area (Å²) in [6, 6.07) is 5.72. The molecule has 1 aromatic carbocycles. The highest BCUT2D eigenvalue weighted by atomic mass is 32.2. The first-order chi connectivity index (χ1) is 6.77. The van der Waals surface area contributed by atoms with E-state index in [2.05, 4.69) is 5.32 Å². The first-order valence-electron chi connectivity index (χ1n) is 4.49. The number of nitrogens with two attached hydrogens (primary N) is 1. The quantitative estimate of drug-likeness (QED) is 0.442. The molecule has 0 fully saturated rings. The van der Waals surface area contributed by atoms with E-state index in [1.807, 2.05) is 25.2 Å². The third-order valence-electron chi connectivity index (χ3n) is 1.83. The van der Waals surface area contributed by atoms with E-state index >= 15 is 0 Å². The molecule has 0 heterocycles. The van der Waals surface area contributed by atoms with Gasteiger partial charge in [-0.15, -0.1) is 11.8 Å². The summed E-state index contributed by atoms with van der Waals surface area (Å²) in [5.41, 5.74) is 6.64. The van der Waals surface area contributed by atoms with Crippen LogP contribution in [0.5, 0.6) is 5.75 Å². The van der Waals surface area contributed by atoms with Gasteiger partial charge in [0.2, 0.25) is 0 Å². The molecule has 78 valence electrons. The predicted octanol–water partition coefficient (Wildman–Crippen LogP) is 1.59. The van der Waals surface area contributed by atoms with Crippen LogP contribution in [0.1, 0.15) is 0 Å². The molecule has 0 bridgehead atoms. The number of nitrogens with one attached hydrogen (secondary N) is 1. The minimum atomic E-state index is 0.812. The average Bonchev–Trinajstić information content (AvgIpc) is 2.21. The number of hydrogen-bond acceptors (Lipinski definition) is 4. The van der Waals surface area contributed by atoms with Crippen molar-refractivity contribution in [2.24, 2.45) is 0 Å². The van der Waals surface area contributed by atoms with Crippen molar-refractivity contribution in [3.63, 3.8) is 0 Å². The minimum Gasteiger partial charge on any atom is -0.497 e. The Hall–Kier alpha value is -0.870. The summed E-state index contributed by atoms with van der Waals surface area (Å²) in [5, 5.41) is 3.09. The van der Waals surface area contributed by atoms with Crippen molar-refractivity contribution in [3.05, 3.63) is 18.2 Å². The van der Waals surface area contributed by atoms with Gasteiger partial charge in [-0.05, 0) is 25.2 Å². The van der Waals surface area contributed by atoms with Gasteiger partial charge in [0.05, 0.1) is 7.11 Å². The fourth-order valence-corrected chi connectivity index (χ4v) is 1.99. The van der Waals surface area contributed by atoms with Gasteiger partial charge in [0.1, 0.15) is 5.75 Å². The summed E-state index contributed by atoms with van der Waals surface area (Å²) in [5.74, 6) is 1.86. The third kappa shape index (κ3) is 3.12. The fraction of sp³-hybridized carbons (Fsp3) is 0.400. The van der Waals surface area contributed by atoms with Gasteiger partial charge >= 0.3 is 0 Å². The first-order valence-corrected chi connectivity index (χ1v) is 5.47. The molecule has 0 aliphatic rings. The highest BCUT2D eigenvalue weighted by Gasteiger charge is 2.01. The second-order valence-electron chi connectivity index (χ2n) is 2.86. The topological polar surface area (TPSA) is 47.3 Å². The Kier molecular flexibility index (Phi) is 4.62. The summed E-state index contributed by atoms with van der Waals surface area (Å²) in [6.45, 7) is 0.974. The van der Waals surface area contributed by atoms with Crippen molar-refractivity contribution >= 4 is 17.4 Å². The zero-order valence-electron chi connectivity index (χ0n) is 8.54. The van der Waals surface area contributed by atoms with E-state index in [1.165, 1.54) is 0 Å². The molecule has 0 atom stereocenters. The Balaban J connectivity index is 2.64. The standard InChI is InChI=1S/C10H16N2OS/c1-12-5-6-14-10-7-8(13-2)3-4-9(10)11/h3-4,7,12H,5-6,11H2,1-2H3. The van der Waals surface area contributed by atoms with Gasteiger partial charge < -0.3 is 15.8 Å². The van der Waals surface area contributed by atoms with E-state index in [1.54, 1.807) is 18.9 Å². The zero-order valence-corrected chi connectivity index (χ0v) is 9.36. The van der Waals surface area contributed by atoms with Gasteiger partial charge in [-0.25, -0.2) is 0 Å².